The lowest BCUT2D eigenvalue weighted by Crippen LogP contribution is -2.13. The van der Waals surface area contributed by atoms with Gasteiger partial charge in [-0.1, -0.05) is 29.8 Å². The molecule has 2 aromatic carbocycles. The molecule has 0 bridgehead atoms. The van der Waals surface area contributed by atoms with E-state index < -0.39 is 0 Å². The van der Waals surface area contributed by atoms with Crippen LogP contribution >= 0.6 is 11.8 Å². The highest BCUT2D eigenvalue weighted by molar-refractivity contribution is 7.98. The van der Waals surface area contributed by atoms with Gasteiger partial charge in [0.25, 0.3) is 0 Å². The van der Waals surface area contributed by atoms with Crippen LogP contribution in [0, 0.1) is 19.7 Å². The standard InChI is InChI=1S/C26H22FN3O2S/c1-15-3-5-17(6-4-15)14-33-26-22-11-21-19(13-31)12-28-16(2)23(21)32-25(22)29-24(30-26)18-7-9-20(27)10-8-18/h3-10,12,31H,11,13-14H2,1-2H3. The Morgan fingerprint density at radius 3 is 2.48 bits per heavy atom. The molecule has 33 heavy (non-hydrogen) atoms. The fourth-order valence-electron chi connectivity index (χ4n) is 3.78. The summed E-state index contributed by atoms with van der Waals surface area (Å²) in [7, 11) is 0. The number of fused-ring (bicyclic) bond motifs is 2. The maximum atomic E-state index is 13.5. The molecule has 166 valence electrons. The Morgan fingerprint density at radius 2 is 1.76 bits per heavy atom. The number of ether oxygens (including phenoxy) is 1. The number of aliphatic hydroxyl groups excluding tert-OH is 1. The van der Waals surface area contributed by atoms with E-state index in [-0.39, 0.29) is 12.4 Å². The van der Waals surface area contributed by atoms with Crippen LogP contribution in [0.5, 0.6) is 11.6 Å². The number of halogens is 1. The monoisotopic (exact) mass is 459 g/mol. The number of aliphatic hydroxyl groups is 1. The van der Waals surface area contributed by atoms with Crippen LogP contribution in [-0.2, 0) is 18.8 Å². The molecule has 7 heteroatoms. The van der Waals surface area contributed by atoms with Crippen molar-refractivity contribution in [2.45, 2.75) is 37.7 Å². The third kappa shape index (κ3) is 4.34. The molecule has 0 fully saturated rings. The van der Waals surface area contributed by atoms with Gasteiger partial charge >= 0.3 is 0 Å². The summed E-state index contributed by atoms with van der Waals surface area (Å²) in [6.07, 6.45) is 2.24. The molecule has 1 aliphatic heterocycles. The van der Waals surface area contributed by atoms with Crippen LogP contribution in [0.3, 0.4) is 0 Å². The second-order valence-electron chi connectivity index (χ2n) is 8.03. The third-order valence-electron chi connectivity index (χ3n) is 5.66. The van der Waals surface area contributed by atoms with Crippen LogP contribution in [0.4, 0.5) is 4.39 Å². The van der Waals surface area contributed by atoms with Gasteiger partial charge in [-0.25, -0.2) is 9.37 Å². The summed E-state index contributed by atoms with van der Waals surface area (Å²) < 4.78 is 19.7. The largest absolute Gasteiger partial charge is 0.436 e. The molecule has 5 rings (SSSR count). The molecule has 1 N–H and O–H groups in total. The first-order chi connectivity index (χ1) is 16.0. The van der Waals surface area contributed by atoms with Crippen molar-refractivity contribution >= 4 is 11.8 Å². The minimum Gasteiger partial charge on any atom is -0.436 e. The average Bonchev–Trinajstić information content (AvgIpc) is 2.83. The molecule has 5 nitrogen and oxygen atoms in total. The van der Waals surface area contributed by atoms with E-state index in [0.717, 1.165) is 33.2 Å². The number of hydrogen-bond acceptors (Lipinski definition) is 6. The van der Waals surface area contributed by atoms with E-state index in [4.69, 9.17) is 9.72 Å². The van der Waals surface area contributed by atoms with Crippen molar-refractivity contribution in [2.75, 3.05) is 0 Å². The number of pyridine rings is 1. The van der Waals surface area contributed by atoms with Gasteiger partial charge in [-0.15, -0.1) is 11.8 Å². The topological polar surface area (TPSA) is 68.1 Å². The second-order valence-corrected chi connectivity index (χ2v) is 8.99. The summed E-state index contributed by atoms with van der Waals surface area (Å²) in [6.45, 7) is 3.83. The van der Waals surface area contributed by atoms with Gasteiger partial charge in [0, 0.05) is 35.1 Å². The summed E-state index contributed by atoms with van der Waals surface area (Å²) in [5.41, 5.74) is 6.38. The smallest absolute Gasteiger partial charge is 0.227 e. The molecule has 0 saturated carbocycles. The minimum absolute atomic E-state index is 0.116. The highest BCUT2D eigenvalue weighted by Gasteiger charge is 2.27. The Hall–Kier alpha value is -3.29. The predicted molar refractivity (Wildman–Crippen MR) is 126 cm³/mol. The normalized spacial score (nSPS) is 12.1. The van der Waals surface area contributed by atoms with Crippen molar-refractivity contribution in [1.29, 1.82) is 0 Å². The Kier molecular flexibility index (Phi) is 5.83. The number of benzene rings is 2. The zero-order valence-electron chi connectivity index (χ0n) is 18.3. The van der Waals surface area contributed by atoms with Crippen LogP contribution in [0.2, 0.25) is 0 Å². The van der Waals surface area contributed by atoms with Gasteiger partial charge in [-0.3, -0.25) is 4.98 Å². The molecule has 4 aromatic rings. The highest BCUT2D eigenvalue weighted by atomic mass is 32.2. The Balaban J connectivity index is 1.58. The maximum absolute atomic E-state index is 13.5. The Labute approximate surface area is 195 Å². The first-order valence-corrected chi connectivity index (χ1v) is 11.6. The number of nitrogens with zero attached hydrogens (tertiary/aromatic N) is 3. The van der Waals surface area contributed by atoms with Crippen molar-refractivity contribution in [1.82, 2.24) is 15.0 Å². The predicted octanol–water partition coefficient (Wildman–Crippen LogP) is 5.78. The van der Waals surface area contributed by atoms with Crippen LogP contribution < -0.4 is 4.74 Å². The average molecular weight is 460 g/mol. The quantitative estimate of drug-likeness (QED) is 0.266. The minimum atomic E-state index is -0.311. The second kappa shape index (κ2) is 8.92. The van der Waals surface area contributed by atoms with Crippen molar-refractivity contribution in [3.63, 3.8) is 0 Å². The van der Waals surface area contributed by atoms with Gasteiger partial charge in [0.15, 0.2) is 11.6 Å². The van der Waals surface area contributed by atoms with Crippen LogP contribution in [0.25, 0.3) is 11.4 Å². The number of thioether (sulfide) groups is 1. The van der Waals surface area contributed by atoms with Gasteiger partial charge in [0.1, 0.15) is 10.8 Å². The van der Waals surface area contributed by atoms with Gasteiger partial charge in [-0.05, 0) is 43.7 Å². The van der Waals surface area contributed by atoms with Crippen LogP contribution in [0.15, 0.2) is 59.8 Å². The zero-order chi connectivity index (χ0) is 22.9. The van der Waals surface area contributed by atoms with Crippen molar-refractivity contribution < 1.29 is 14.2 Å². The van der Waals surface area contributed by atoms with E-state index >= 15 is 0 Å². The number of hydrogen-bond donors (Lipinski definition) is 1. The Morgan fingerprint density at radius 1 is 1.00 bits per heavy atom. The van der Waals surface area contributed by atoms with E-state index in [9.17, 15) is 9.50 Å². The zero-order valence-corrected chi connectivity index (χ0v) is 19.1. The van der Waals surface area contributed by atoms with Crippen LogP contribution in [0.1, 0.15) is 33.5 Å². The van der Waals surface area contributed by atoms with Crippen LogP contribution in [-0.4, -0.2) is 20.1 Å². The fourth-order valence-corrected chi connectivity index (χ4v) is 4.76. The molecular formula is C26H22FN3O2S. The van der Waals surface area contributed by atoms with E-state index in [0.29, 0.717) is 29.4 Å². The summed E-state index contributed by atoms with van der Waals surface area (Å²) in [5, 5.41) is 10.6. The van der Waals surface area contributed by atoms with Gasteiger partial charge in [0.05, 0.1) is 17.9 Å². The molecule has 0 radical (unpaired) electrons. The lowest BCUT2D eigenvalue weighted by molar-refractivity contribution is 0.278. The lowest BCUT2D eigenvalue weighted by Gasteiger charge is -2.24. The summed E-state index contributed by atoms with van der Waals surface area (Å²) in [5.74, 6) is 2.01. The first kappa shape index (κ1) is 21.6. The summed E-state index contributed by atoms with van der Waals surface area (Å²) in [4.78, 5) is 13.9. The molecule has 0 unspecified atom stereocenters. The van der Waals surface area contributed by atoms with E-state index in [1.54, 1.807) is 30.1 Å². The SMILES string of the molecule is Cc1ccc(CSc2nc(-c3ccc(F)cc3)nc3c2Cc2c(CO)cnc(C)c2O3)cc1. The number of aromatic nitrogens is 3. The van der Waals surface area contributed by atoms with Gasteiger partial charge in [0.2, 0.25) is 5.88 Å². The van der Waals surface area contributed by atoms with Gasteiger partial charge in [-0.2, -0.15) is 4.98 Å². The lowest BCUT2D eigenvalue weighted by atomic mass is 9.99. The number of rotatable bonds is 5. The fraction of sp³-hybridized carbons (Fsp3) is 0.192. The van der Waals surface area contributed by atoms with E-state index in [1.807, 2.05) is 6.92 Å². The highest BCUT2D eigenvalue weighted by Crippen LogP contribution is 2.43. The molecule has 0 spiro atoms. The van der Waals surface area contributed by atoms with Gasteiger partial charge < -0.3 is 9.84 Å². The molecule has 0 saturated heterocycles. The van der Waals surface area contributed by atoms with Crippen molar-refractivity contribution in [3.8, 4) is 23.0 Å². The van der Waals surface area contributed by atoms with Crippen molar-refractivity contribution in [3.05, 3.63) is 94.1 Å². The summed E-state index contributed by atoms with van der Waals surface area (Å²) in [6, 6.07) is 14.5. The number of aryl methyl sites for hydroxylation is 2. The molecular weight excluding hydrogens is 437 g/mol. The third-order valence-corrected chi connectivity index (χ3v) is 6.75. The molecule has 2 aromatic heterocycles. The Bertz CT molecular complexity index is 1330. The molecule has 0 amide bonds. The molecule has 0 atom stereocenters. The first-order valence-electron chi connectivity index (χ1n) is 10.6. The van der Waals surface area contributed by atoms with E-state index in [2.05, 4.69) is 41.2 Å². The maximum Gasteiger partial charge on any atom is 0.227 e. The van der Waals surface area contributed by atoms with Crippen molar-refractivity contribution in [2.24, 2.45) is 0 Å². The summed E-state index contributed by atoms with van der Waals surface area (Å²) >= 11 is 1.62. The molecule has 0 aliphatic carbocycles. The molecule has 1 aliphatic rings. The van der Waals surface area contributed by atoms with E-state index in [1.165, 1.54) is 23.3 Å². The molecule has 3 heterocycles.